The zero-order valence-electron chi connectivity index (χ0n) is 16.3. The van der Waals surface area contributed by atoms with Crippen molar-refractivity contribution in [1.82, 2.24) is 4.90 Å². The molecule has 0 aliphatic carbocycles. The number of anilines is 2. The van der Waals surface area contributed by atoms with Crippen LogP contribution in [0.2, 0.25) is 0 Å². The number of amides is 1. The molecule has 1 amide bonds. The van der Waals surface area contributed by atoms with Crippen molar-refractivity contribution < 1.29 is 4.79 Å². The molecule has 0 spiro atoms. The number of carbonyl (C=O) groups excluding carboxylic acids is 1. The van der Waals surface area contributed by atoms with E-state index in [1.807, 2.05) is 38.1 Å². The third-order valence-corrected chi connectivity index (χ3v) is 5.46. The third kappa shape index (κ3) is 3.91. The van der Waals surface area contributed by atoms with Gasteiger partial charge in [0.25, 0.3) is 5.91 Å². The van der Waals surface area contributed by atoms with Gasteiger partial charge < -0.3 is 15.1 Å². The molecule has 26 heavy (non-hydrogen) atoms. The van der Waals surface area contributed by atoms with Crippen LogP contribution in [0.5, 0.6) is 0 Å². The SMILES string of the molecule is CCN1CCN(c2ccc(NC(=O)c3cccc(C)c3C)cc2C)CC1. The van der Waals surface area contributed by atoms with Crippen molar-refractivity contribution in [3.05, 3.63) is 58.7 Å². The van der Waals surface area contributed by atoms with E-state index in [-0.39, 0.29) is 5.91 Å². The van der Waals surface area contributed by atoms with E-state index in [0.717, 1.165) is 55.1 Å². The van der Waals surface area contributed by atoms with E-state index in [1.165, 1.54) is 11.3 Å². The van der Waals surface area contributed by atoms with Crippen LogP contribution in [-0.4, -0.2) is 43.5 Å². The number of piperazine rings is 1. The lowest BCUT2D eigenvalue weighted by Crippen LogP contribution is -2.46. The molecule has 1 fully saturated rings. The molecule has 1 saturated heterocycles. The second-order valence-corrected chi connectivity index (χ2v) is 7.12. The predicted octanol–water partition coefficient (Wildman–Crippen LogP) is 4.01. The van der Waals surface area contributed by atoms with E-state index in [2.05, 4.69) is 41.1 Å². The topological polar surface area (TPSA) is 35.6 Å². The molecule has 0 saturated carbocycles. The van der Waals surface area contributed by atoms with E-state index in [0.29, 0.717) is 0 Å². The largest absolute Gasteiger partial charge is 0.369 e. The van der Waals surface area contributed by atoms with Crippen LogP contribution in [0.3, 0.4) is 0 Å². The molecule has 0 aromatic heterocycles. The molecule has 0 atom stereocenters. The minimum atomic E-state index is -0.0464. The number of nitrogens with zero attached hydrogens (tertiary/aromatic N) is 2. The summed E-state index contributed by atoms with van der Waals surface area (Å²) < 4.78 is 0. The fourth-order valence-electron chi connectivity index (χ4n) is 3.59. The lowest BCUT2D eigenvalue weighted by Gasteiger charge is -2.36. The number of aryl methyl sites for hydroxylation is 2. The van der Waals surface area contributed by atoms with Crippen LogP contribution in [0.25, 0.3) is 0 Å². The highest BCUT2D eigenvalue weighted by Gasteiger charge is 2.18. The highest BCUT2D eigenvalue weighted by molar-refractivity contribution is 6.05. The van der Waals surface area contributed by atoms with Gasteiger partial charge in [-0.25, -0.2) is 0 Å². The number of carbonyl (C=O) groups is 1. The Hall–Kier alpha value is -2.33. The number of benzene rings is 2. The quantitative estimate of drug-likeness (QED) is 0.904. The van der Waals surface area contributed by atoms with Crippen LogP contribution in [0.15, 0.2) is 36.4 Å². The molecular weight excluding hydrogens is 322 g/mol. The number of hydrogen-bond donors (Lipinski definition) is 1. The molecule has 4 nitrogen and oxygen atoms in total. The highest BCUT2D eigenvalue weighted by Crippen LogP contribution is 2.25. The number of rotatable bonds is 4. The van der Waals surface area contributed by atoms with Crippen molar-refractivity contribution >= 4 is 17.3 Å². The Bertz CT molecular complexity index is 792. The third-order valence-electron chi connectivity index (χ3n) is 5.46. The van der Waals surface area contributed by atoms with Crippen LogP contribution in [0, 0.1) is 20.8 Å². The zero-order chi connectivity index (χ0) is 18.7. The van der Waals surface area contributed by atoms with Gasteiger partial charge >= 0.3 is 0 Å². The first-order valence-corrected chi connectivity index (χ1v) is 9.45. The van der Waals surface area contributed by atoms with Crippen molar-refractivity contribution in [2.45, 2.75) is 27.7 Å². The molecule has 1 N–H and O–H groups in total. The first kappa shape index (κ1) is 18.5. The minimum absolute atomic E-state index is 0.0464. The smallest absolute Gasteiger partial charge is 0.255 e. The Balaban J connectivity index is 1.72. The molecule has 2 aromatic rings. The van der Waals surface area contributed by atoms with E-state index in [4.69, 9.17) is 0 Å². The van der Waals surface area contributed by atoms with Crippen LogP contribution < -0.4 is 10.2 Å². The molecular formula is C22H29N3O. The molecule has 0 bridgehead atoms. The lowest BCUT2D eigenvalue weighted by molar-refractivity contribution is 0.102. The van der Waals surface area contributed by atoms with Gasteiger partial charge in [-0.3, -0.25) is 4.79 Å². The van der Waals surface area contributed by atoms with Gasteiger partial charge in [-0.2, -0.15) is 0 Å². The van der Waals surface area contributed by atoms with Crippen molar-refractivity contribution in [3.63, 3.8) is 0 Å². The summed E-state index contributed by atoms with van der Waals surface area (Å²) in [6.45, 7) is 13.8. The van der Waals surface area contributed by atoms with E-state index < -0.39 is 0 Å². The van der Waals surface area contributed by atoms with Gasteiger partial charge in [0.2, 0.25) is 0 Å². The summed E-state index contributed by atoms with van der Waals surface area (Å²) >= 11 is 0. The molecule has 0 radical (unpaired) electrons. The van der Waals surface area contributed by atoms with Gasteiger partial charge in [0.1, 0.15) is 0 Å². The van der Waals surface area contributed by atoms with Gasteiger partial charge in [-0.1, -0.05) is 19.1 Å². The fraction of sp³-hybridized carbons (Fsp3) is 0.409. The molecule has 138 valence electrons. The molecule has 1 aliphatic heterocycles. The fourth-order valence-corrected chi connectivity index (χ4v) is 3.59. The summed E-state index contributed by atoms with van der Waals surface area (Å²) in [7, 11) is 0. The number of likely N-dealkylation sites (N-methyl/N-ethyl adjacent to an activating group) is 1. The Morgan fingerprint density at radius 1 is 1.00 bits per heavy atom. The van der Waals surface area contributed by atoms with Gasteiger partial charge in [-0.15, -0.1) is 0 Å². The summed E-state index contributed by atoms with van der Waals surface area (Å²) in [6, 6.07) is 12.1. The summed E-state index contributed by atoms with van der Waals surface area (Å²) in [5.41, 5.74) is 6.23. The van der Waals surface area contributed by atoms with Crippen molar-refractivity contribution in [3.8, 4) is 0 Å². The maximum atomic E-state index is 12.6. The molecule has 4 heteroatoms. The standard InChI is InChI=1S/C22H29N3O/c1-5-24-11-13-25(14-12-24)21-10-9-19(15-17(21)3)23-22(26)20-8-6-7-16(2)18(20)4/h6-10,15H,5,11-14H2,1-4H3,(H,23,26). The molecule has 1 aliphatic rings. The second-order valence-electron chi connectivity index (χ2n) is 7.12. The predicted molar refractivity (Wildman–Crippen MR) is 109 cm³/mol. The number of hydrogen-bond acceptors (Lipinski definition) is 3. The van der Waals surface area contributed by atoms with Crippen molar-refractivity contribution in [1.29, 1.82) is 0 Å². The maximum absolute atomic E-state index is 12.6. The number of nitrogens with one attached hydrogen (secondary N) is 1. The maximum Gasteiger partial charge on any atom is 0.255 e. The average Bonchev–Trinajstić information content (AvgIpc) is 2.64. The summed E-state index contributed by atoms with van der Waals surface area (Å²) in [5.74, 6) is -0.0464. The zero-order valence-corrected chi connectivity index (χ0v) is 16.3. The minimum Gasteiger partial charge on any atom is -0.369 e. The van der Waals surface area contributed by atoms with Crippen LogP contribution >= 0.6 is 0 Å². The summed E-state index contributed by atoms with van der Waals surface area (Å²) in [4.78, 5) is 17.5. The summed E-state index contributed by atoms with van der Waals surface area (Å²) in [5, 5.41) is 3.05. The lowest BCUT2D eigenvalue weighted by atomic mass is 10.0. The van der Waals surface area contributed by atoms with Crippen molar-refractivity contribution in [2.75, 3.05) is 42.9 Å². The Kier molecular flexibility index (Phi) is 5.62. The Morgan fingerprint density at radius 2 is 1.73 bits per heavy atom. The second kappa shape index (κ2) is 7.92. The monoisotopic (exact) mass is 351 g/mol. The van der Waals surface area contributed by atoms with E-state index >= 15 is 0 Å². The van der Waals surface area contributed by atoms with Gasteiger partial charge in [0, 0.05) is 43.1 Å². The van der Waals surface area contributed by atoms with E-state index in [9.17, 15) is 4.79 Å². The van der Waals surface area contributed by atoms with Crippen LogP contribution in [0.4, 0.5) is 11.4 Å². The molecule has 0 unspecified atom stereocenters. The first-order valence-electron chi connectivity index (χ1n) is 9.45. The Labute approximate surface area is 156 Å². The van der Waals surface area contributed by atoms with E-state index in [1.54, 1.807) is 0 Å². The first-order chi connectivity index (χ1) is 12.5. The normalized spacial score (nSPS) is 15.2. The average molecular weight is 351 g/mol. The molecule has 2 aromatic carbocycles. The van der Waals surface area contributed by atoms with Crippen LogP contribution in [0.1, 0.15) is 34.0 Å². The van der Waals surface area contributed by atoms with Gasteiger partial charge in [-0.05, 0) is 68.3 Å². The molecule has 1 heterocycles. The highest BCUT2D eigenvalue weighted by atomic mass is 16.1. The van der Waals surface area contributed by atoms with Gasteiger partial charge in [0.05, 0.1) is 0 Å². The van der Waals surface area contributed by atoms with Crippen molar-refractivity contribution in [2.24, 2.45) is 0 Å². The summed E-state index contributed by atoms with van der Waals surface area (Å²) in [6.07, 6.45) is 0. The van der Waals surface area contributed by atoms with Gasteiger partial charge in [0.15, 0.2) is 0 Å². The Morgan fingerprint density at radius 3 is 2.38 bits per heavy atom. The van der Waals surface area contributed by atoms with Crippen LogP contribution in [-0.2, 0) is 0 Å². The molecule has 3 rings (SSSR count).